The van der Waals surface area contributed by atoms with Crippen molar-refractivity contribution in [3.63, 3.8) is 0 Å². The summed E-state index contributed by atoms with van der Waals surface area (Å²) in [4.78, 5) is 14.6. The first-order chi connectivity index (χ1) is 9.02. The van der Waals surface area contributed by atoms with E-state index >= 15 is 0 Å². The van der Waals surface area contributed by atoms with Crippen molar-refractivity contribution in [1.29, 1.82) is 0 Å². The fourth-order valence-electron chi connectivity index (χ4n) is 1.57. The van der Waals surface area contributed by atoms with Crippen molar-refractivity contribution in [2.24, 2.45) is 0 Å². The van der Waals surface area contributed by atoms with Crippen LogP contribution in [0, 0.1) is 10.1 Å². The Morgan fingerprint density at radius 1 is 1.26 bits per heavy atom. The van der Waals surface area contributed by atoms with E-state index in [0.29, 0.717) is 10.6 Å². The molecule has 0 spiro atoms. The van der Waals surface area contributed by atoms with Crippen molar-refractivity contribution in [1.82, 2.24) is 4.98 Å². The standard InChI is InChI=1S/C12H8Cl2N2O3/c1-19-11-5-4-10(16(17)18)12(15-11)8-3-2-7(13)6-9(8)14/h2-6H,1H3. The van der Waals surface area contributed by atoms with Gasteiger partial charge < -0.3 is 4.74 Å². The summed E-state index contributed by atoms with van der Waals surface area (Å²) in [5, 5.41) is 11.8. The minimum Gasteiger partial charge on any atom is -0.481 e. The lowest BCUT2D eigenvalue weighted by molar-refractivity contribution is -0.384. The second kappa shape index (κ2) is 5.42. The summed E-state index contributed by atoms with van der Waals surface area (Å²) >= 11 is 11.9. The van der Waals surface area contributed by atoms with Gasteiger partial charge in [-0.25, -0.2) is 4.98 Å². The molecule has 1 aromatic heterocycles. The molecule has 0 unspecified atom stereocenters. The molecule has 0 saturated carbocycles. The zero-order valence-corrected chi connectivity index (χ0v) is 11.3. The van der Waals surface area contributed by atoms with Crippen LogP contribution in [-0.2, 0) is 0 Å². The Morgan fingerprint density at radius 3 is 2.58 bits per heavy atom. The number of hydrogen-bond acceptors (Lipinski definition) is 4. The molecule has 98 valence electrons. The van der Waals surface area contributed by atoms with Gasteiger partial charge in [-0.2, -0.15) is 0 Å². The van der Waals surface area contributed by atoms with Gasteiger partial charge >= 0.3 is 0 Å². The largest absolute Gasteiger partial charge is 0.481 e. The third-order valence-corrected chi connectivity index (χ3v) is 2.99. The number of halogens is 2. The summed E-state index contributed by atoms with van der Waals surface area (Å²) in [6.45, 7) is 0. The molecule has 2 rings (SSSR count). The van der Waals surface area contributed by atoms with Crippen LogP contribution >= 0.6 is 23.2 Å². The molecule has 19 heavy (non-hydrogen) atoms. The third kappa shape index (κ3) is 2.77. The molecule has 0 amide bonds. The van der Waals surface area contributed by atoms with Gasteiger partial charge in [-0.1, -0.05) is 23.2 Å². The minimum atomic E-state index is -0.521. The van der Waals surface area contributed by atoms with Crippen LogP contribution in [0.3, 0.4) is 0 Å². The SMILES string of the molecule is COc1ccc([N+](=O)[O-])c(-c2ccc(Cl)cc2Cl)n1. The maximum atomic E-state index is 11.0. The Balaban J connectivity index is 2.68. The van der Waals surface area contributed by atoms with E-state index in [-0.39, 0.29) is 22.3 Å². The van der Waals surface area contributed by atoms with Crippen molar-refractivity contribution < 1.29 is 9.66 Å². The van der Waals surface area contributed by atoms with Crippen LogP contribution in [0.25, 0.3) is 11.3 Å². The molecule has 1 heterocycles. The molecule has 2 aromatic rings. The predicted octanol–water partition coefficient (Wildman–Crippen LogP) is 3.97. The summed E-state index contributed by atoms with van der Waals surface area (Å²) in [5.74, 6) is 0.270. The summed E-state index contributed by atoms with van der Waals surface area (Å²) < 4.78 is 4.97. The fourth-order valence-corrected chi connectivity index (χ4v) is 2.07. The second-order valence-corrected chi connectivity index (χ2v) is 4.45. The van der Waals surface area contributed by atoms with Crippen LogP contribution in [0.2, 0.25) is 10.0 Å². The molecular weight excluding hydrogens is 291 g/mol. The number of hydrogen-bond donors (Lipinski definition) is 0. The van der Waals surface area contributed by atoms with Gasteiger partial charge in [-0.05, 0) is 18.2 Å². The van der Waals surface area contributed by atoms with Crippen molar-refractivity contribution in [2.45, 2.75) is 0 Å². The summed E-state index contributed by atoms with van der Waals surface area (Å²) in [6.07, 6.45) is 0. The first-order valence-corrected chi connectivity index (χ1v) is 5.93. The monoisotopic (exact) mass is 298 g/mol. The van der Waals surface area contributed by atoms with E-state index in [9.17, 15) is 10.1 Å². The quantitative estimate of drug-likeness (QED) is 0.635. The lowest BCUT2D eigenvalue weighted by Gasteiger charge is -2.07. The highest BCUT2D eigenvalue weighted by molar-refractivity contribution is 6.36. The van der Waals surface area contributed by atoms with Gasteiger partial charge in [-0.15, -0.1) is 0 Å². The molecule has 5 nitrogen and oxygen atoms in total. The van der Waals surface area contributed by atoms with Gasteiger partial charge in [-0.3, -0.25) is 10.1 Å². The Hall–Kier alpha value is -1.85. The van der Waals surface area contributed by atoms with E-state index in [4.69, 9.17) is 27.9 Å². The highest BCUT2D eigenvalue weighted by atomic mass is 35.5. The van der Waals surface area contributed by atoms with Crippen molar-refractivity contribution in [2.75, 3.05) is 7.11 Å². The molecule has 1 aromatic carbocycles. The second-order valence-electron chi connectivity index (χ2n) is 3.60. The first-order valence-electron chi connectivity index (χ1n) is 5.18. The Labute approximate surface area is 118 Å². The normalized spacial score (nSPS) is 10.3. The number of rotatable bonds is 3. The van der Waals surface area contributed by atoms with E-state index in [2.05, 4.69) is 4.98 Å². The van der Waals surface area contributed by atoms with Gasteiger partial charge in [0.05, 0.1) is 17.1 Å². The molecule has 0 aliphatic heterocycles. The number of nitro groups is 1. The lowest BCUT2D eigenvalue weighted by atomic mass is 10.1. The van der Waals surface area contributed by atoms with Crippen LogP contribution in [0.1, 0.15) is 0 Å². The predicted molar refractivity (Wildman–Crippen MR) is 72.9 cm³/mol. The van der Waals surface area contributed by atoms with Crippen LogP contribution < -0.4 is 4.74 Å². The smallest absolute Gasteiger partial charge is 0.295 e. The molecular formula is C12H8Cl2N2O3. The van der Waals surface area contributed by atoms with E-state index in [0.717, 1.165) is 0 Å². The van der Waals surface area contributed by atoms with E-state index < -0.39 is 4.92 Å². The maximum Gasteiger partial charge on any atom is 0.295 e. The number of benzene rings is 1. The van der Waals surface area contributed by atoms with Gasteiger partial charge in [0.1, 0.15) is 0 Å². The average molecular weight is 299 g/mol. The van der Waals surface area contributed by atoms with Gasteiger partial charge in [0.25, 0.3) is 5.69 Å². The molecule has 0 aliphatic rings. The molecule has 7 heteroatoms. The number of pyridine rings is 1. The molecule has 0 fully saturated rings. The van der Waals surface area contributed by atoms with Crippen molar-refractivity contribution in [3.8, 4) is 17.1 Å². The zero-order valence-electron chi connectivity index (χ0n) is 9.76. The van der Waals surface area contributed by atoms with Crippen molar-refractivity contribution >= 4 is 28.9 Å². The Morgan fingerprint density at radius 2 is 2.00 bits per heavy atom. The minimum absolute atomic E-state index is 0.144. The summed E-state index contributed by atoms with van der Waals surface area (Å²) in [5.41, 5.74) is 0.424. The topological polar surface area (TPSA) is 65.3 Å². The molecule has 0 aliphatic carbocycles. The number of nitrogens with zero attached hydrogens (tertiary/aromatic N) is 2. The molecule has 0 bridgehead atoms. The summed E-state index contributed by atoms with van der Waals surface area (Å²) in [6, 6.07) is 7.42. The summed E-state index contributed by atoms with van der Waals surface area (Å²) in [7, 11) is 1.43. The molecule has 0 atom stereocenters. The van der Waals surface area contributed by atoms with E-state index in [1.807, 2.05) is 0 Å². The number of methoxy groups -OCH3 is 1. The van der Waals surface area contributed by atoms with Crippen LogP contribution in [0.15, 0.2) is 30.3 Å². The average Bonchev–Trinajstić information content (AvgIpc) is 2.38. The van der Waals surface area contributed by atoms with Gasteiger partial charge in [0.2, 0.25) is 5.88 Å². The van der Waals surface area contributed by atoms with Crippen LogP contribution in [0.4, 0.5) is 5.69 Å². The zero-order chi connectivity index (χ0) is 14.0. The van der Waals surface area contributed by atoms with Gasteiger partial charge in [0.15, 0.2) is 5.69 Å². The first kappa shape index (κ1) is 13.6. The van der Waals surface area contributed by atoms with E-state index in [1.54, 1.807) is 12.1 Å². The van der Waals surface area contributed by atoms with E-state index in [1.165, 1.54) is 25.3 Å². The highest BCUT2D eigenvalue weighted by Crippen LogP contribution is 2.35. The Bertz CT molecular complexity index is 647. The third-order valence-electron chi connectivity index (χ3n) is 2.44. The highest BCUT2D eigenvalue weighted by Gasteiger charge is 2.20. The number of ether oxygens (including phenoxy) is 1. The van der Waals surface area contributed by atoms with Crippen LogP contribution in [-0.4, -0.2) is 17.0 Å². The number of aromatic nitrogens is 1. The lowest BCUT2D eigenvalue weighted by Crippen LogP contribution is -1.97. The maximum absolute atomic E-state index is 11.0. The molecule has 0 saturated heterocycles. The fraction of sp³-hybridized carbons (Fsp3) is 0.0833. The van der Waals surface area contributed by atoms with Gasteiger partial charge in [0, 0.05) is 22.7 Å². The molecule has 0 radical (unpaired) electrons. The molecule has 0 N–H and O–H groups in total. The van der Waals surface area contributed by atoms with Crippen LogP contribution in [0.5, 0.6) is 5.88 Å². The van der Waals surface area contributed by atoms with Crippen molar-refractivity contribution in [3.05, 3.63) is 50.5 Å². The Kier molecular flexibility index (Phi) is 3.87.